The van der Waals surface area contributed by atoms with E-state index in [0.29, 0.717) is 19.8 Å². The topological polar surface area (TPSA) is 50.4 Å². The highest BCUT2D eigenvalue weighted by Crippen LogP contribution is 1.90. The second-order valence-corrected chi connectivity index (χ2v) is 4.18. The highest BCUT2D eigenvalue weighted by molar-refractivity contribution is 5.81. The second kappa shape index (κ2) is 10.3. The molecule has 2 atom stereocenters. The van der Waals surface area contributed by atoms with Crippen LogP contribution in [0.25, 0.3) is 0 Å². The molecule has 0 aromatic heterocycles. The van der Waals surface area contributed by atoms with Crippen LogP contribution >= 0.6 is 0 Å². The Hall–Kier alpha value is -0.870. The molecule has 4 heteroatoms. The first-order valence-electron chi connectivity index (χ1n) is 6.34. The lowest BCUT2D eigenvalue weighted by Gasteiger charge is -2.17. The van der Waals surface area contributed by atoms with Gasteiger partial charge in [0.1, 0.15) is 0 Å². The van der Waals surface area contributed by atoms with E-state index in [1.165, 1.54) is 0 Å². The van der Waals surface area contributed by atoms with Gasteiger partial charge < -0.3 is 15.4 Å². The van der Waals surface area contributed by atoms with Crippen LogP contribution in [0.15, 0.2) is 12.7 Å². The van der Waals surface area contributed by atoms with Crippen LogP contribution in [0.2, 0.25) is 0 Å². The third-order valence-electron chi connectivity index (χ3n) is 2.56. The number of rotatable bonds is 10. The third kappa shape index (κ3) is 8.89. The maximum atomic E-state index is 11.7. The lowest BCUT2D eigenvalue weighted by Crippen LogP contribution is -2.46. The van der Waals surface area contributed by atoms with Crippen LogP contribution in [0.5, 0.6) is 0 Å². The fourth-order valence-corrected chi connectivity index (χ4v) is 1.18. The largest absolute Gasteiger partial charge is 0.380 e. The first-order chi connectivity index (χ1) is 8.11. The molecule has 0 aromatic carbocycles. The second-order valence-electron chi connectivity index (χ2n) is 4.18. The number of ether oxygens (including phenoxy) is 1. The predicted octanol–water partition coefficient (Wildman–Crippen LogP) is 1.47. The van der Waals surface area contributed by atoms with Gasteiger partial charge in [-0.05, 0) is 26.7 Å². The first-order valence-corrected chi connectivity index (χ1v) is 6.34. The van der Waals surface area contributed by atoms with E-state index >= 15 is 0 Å². The molecule has 0 aliphatic heterocycles. The molecule has 0 fully saturated rings. The smallest absolute Gasteiger partial charge is 0.237 e. The summed E-state index contributed by atoms with van der Waals surface area (Å²) in [4.78, 5) is 11.7. The number of carbonyl (C=O) groups excluding carboxylic acids is 1. The summed E-state index contributed by atoms with van der Waals surface area (Å²) in [5, 5.41) is 6.06. The lowest BCUT2D eigenvalue weighted by atomic mass is 10.2. The van der Waals surface area contributed by atoms with E-state index in [1.54, 1.807) is 0 Å². The highest BCUT2D eigenvalue weighted by atomic mass is 16.5. The molecule has 17 heavy (non-hydrogen) atoms. The van der Waals surface area contributed by atoms with Crippen molar-refractivity contribution in [2.45, 2.75) is 45.7 Å². The van der Waals surface area contributed by atoms with Gasteiger partial charge in [0.05, 0.1) is 19.3 Å². The summed E-state index contributed by atoms with van der Waals surface area (Å²) in [5.74, 6) is 0.0467. The molecule has 0 aliphatic carbocycles. The van der Waals surface area contributed by atoms with E-state index in [0.717, 1.165) is 12.8 Å². The molecular weight excluding hydrogens is 216 g/mol. The van der Waals surface area contributed by atoms with Crippen molar-refractivity contribution in [2.75, 3.05) is 19.8 Å². The molecule has 0 saturated carbocycles. The molecule has 0 spiro atoms. The summed E-state index contributed by atoms with van der Waals surface area (Å²) in [7, 11) is 0. The molecule has 0 radical (unpaired) electrons. The van der Waals surface area contributed by atoms with Crippen LogP contribution in [-0.4, -0.2) is 37.7 Å². The average Bonchev–Trinajstić information content (AvgIpc) is 2.32. The molecule has 0 rings (SSSR count). The van der Waals surface area contributed by atoms with Crippen molar-refractivity contribution in [1.29, 1.82) is 0 Å². The molecule has 0 bridgehead atoms. The van der Waals surface area contributed by atoms with Gasteiger partial charge in [-0.15, -0.1) is 6.58 Å². The fourth-order valence-electron chi connectivity index (χ4n) is 1.18. The van der Waals surface area contributed by atoms with Crippen LogP contribution < -0.4 is 10.6 Å². The molecule has 0 saturated heterocycles. The van der Waals surface area contributed by atoms with Gasteiger partial charge in [-0.1, -0.05) is 13.0 Å². The summed E-state index contributed by atoms with van der Waals surface area (Å²) in [6.07, 6.45) is 3.64. The van der Waals surface area contributed by atoms with Crippen molar-refractivity contribution in [1.82, 2.24) is 10.6 Å². The van der Waals surface area contributed by atoms with Crippen molar-refractivity contribution in [3.8, 4) is 0 Å². The van der Waals surface area contributed by atoms with E-state index < -0.39 is 0 Å². The Bertz CT molecular complexity index is 219. The molecule has 0 aliphatic rings. The summed E-state index contributed by atoms with van der Waals surface area (Å²) in [5.41, 5.74) is 0. The van der Waals surface area contributed by atoms with Gasteiger partial charge in [0.2, 0.25) is 5.91 Å². The number of carbonyl (C=O) groups is 1. The highest BCUT2D eigenvalue weighted by Gasteiger charge is 2.13. The Morgan fingerprint density at radius 3 is 2.71 bits per heavy atom. The predicted molar refractivity (Wildman–Crippen MR) is 71.0 cm³/mol. The summed E-state index contributed by atoms with van der Waals surface area (Å²) in [6.45, 7) is 11.5. The molecule has 100 valence electrons. The van der Waals surface area contributed by atoms with Crippen LogP contribution in [-0.2, 0) is 9.53 Å². The minimum absolute atomic E-state index is 0.0467. The van der Waals surface area contributed by atoms with Gasteiger partial charge in [0.25, 0.3) is 0 Å². The summed E-state index contributed by atoms with van der Waals surface area (Å²) >= 11 is 0. The van der Waals surface area contributed by atoms with Crippen molar-refractivity contribution < 1.29 is 9.53 Å². The monoisotopic (exact) mass is 242 g/mol. The van der Waals surface area contributed by atoms with Crippen LogP contribution in [0.1, 0.15) is 33.6 Å². The zero-order chi connectivity index (χ0) is 13.1. The number of amides is 1. The van der Waals surface area contributed by atoms with Crippen molar-refractivity contribution in [3.63, 3.8) is 0 Å². The van der Waals surface area contributed by atoms with Crippen molar-refractivity contribution >= 4 is 5.91 Å². The van der Waals surface area contributed by atoms with Gasteiger partial charge in [0, 0.05) is 12.6 Å². The Morgan fingerprint density at radius 1 is 1.41 bits per heavy atom. The molecule has 2 N–H and O–H groups in total. The van der Waals surface area contributed by atoms with Gasteiger partial charge >= 0.3 is 0 Å². The minimum Gasteiger partial charge on any atom is -0.380 e. The summed E-state index contributed by atoms with van der Waals surface area (Å²) < 4.78 is 5.34. The van der Waals surface area contributed by atoms with Gasteiger partial charge in [-0.3, -0.25) is 4.79 Å². The Morgan fingerprint density at radius 2 is 2.12 bits per heavy atom. The molecular formula is C13H26N2O2. The molecule has 0 aromatic rings. The quantitative estimate of drug-likeness (QED) is 0.450. The van der Waals surface area contributed by atoms with E-state index in [-0.39, 0.29) is 18.0 Å². The van der Waals surface area contributed by atoms with Gasteiger partial charge in [-0.2, -0.15) is 0 Å². The Kier molecular flexibility index (Phi) is 9.77. The van der Waals surface area contributed by atoms with E-state index in [2.05, 4.69) is 24.1 Å². The molecule has 0 heterocycles. The zero-order valence-corrected chi connectivity index (χ0v) is 11.3. The lowest BCUT2D eigenvalue weighted by molar-refractivity contribution is -0.123. The van der Waals surface area contributed by atoms with Crippen LogP contribution in [0.4, 0.5) is 0 Å². The standard InChI is InChI=1S/C13H26N2O2/c1-5-7-9-17-10-8-14-12(4)13(16)15-11(3)6-2/h5,11-12,14H,1,6-10H2,2-4H3,(H,15,16). The molecule has 4 nitrogen and oxygen atoms in total. The number of hydrogen-bond donors (Lipinski definition) is 2. The SMILES string of the molecule is C=CCCOCCNC(C)C(=O)NC(C)CC. The normalized spacial score (nSPS) is 14.1. The van der Waals surface area contributed by atoms with Crippen molar-refractivity contribution in [3.05, 3.63) is 12.7 Å². The molecule has 1 amide bonds. The first kappa shape index (κ1) is 16.1. The van der Waals surface area contributed by atoms with Crippen LogP contribution in [0, 0.1) is 0 Å². The number of hydrogen-bond acceptors (Lipinski definition) is 3. The maximum Gasteiger partial charge on any atom is 0.237 e. The third-order valence-corrected chi connectivity index (χ3v) is 2.56. The van der Waals surface area contributed by atoms with Gasteiger partial charge in [-0.25, -0.2) is 0 Å². The van der Waals surface area contributed by atoms with E-state index in [4.69, 9.17) is 4.74 Å². The Labute approximate surface area is 105 Å². The molecule has 2 unspecified atom stereocenters. The van der Waals surface area contributed by atoms with E-state index in [1.807, 2.05) is 19.9 Å². The number of nitrogens with one attached hydrogen (secondary N) is 2. The fraction of sp³-hybridized carbons (Fsp3) is 0.769. The van der Waals surface area contributed by atoms with E-state index in [9.17, 15) is 4.79 Å². The van der Waals surface area contributed by atoms with Crippen LogP contribution in [0.3, 0.4) is 0 Å². The van der Waals surface area contributed by atoms with Crippen molar-refractivity contribution in [2.24, 2.45) is 0 Å². The minimum atomic E-state index is -0.174. The Balaban J connectivity index is 3.53. The zero-order valence-electron chi connectivity index (χ0n) is 11.3. The maximum absolute atomic E-state index is 11.7. The summed E-state index contributed by atoms with van der Waals surface area (Å²) in [6, 6.07) is 0.0580. The van der Waals surface area contributed by atoms with Gasteiger partial charge in [0.15, 0.2) is 0 Å². The average molecular weight is 242 g/mol.